The summed E-state index contributed by atoms with van der Waals surface area (Å²) in [7, 11) is 0. The van der Waals surface area contributed by atoms with Gasteiger partial charge in [-0.3, -0.25) is 10.2 Å². The Morgan fingerprint density at radius 2 is 2.21 bits per heavy atom. The van der Waals surface area contributed by atoms with E-state index in [-0.39, 0.29) is 11.8 Å². The molecule has 0 saturated heterocycles. The highest BCUT2D eigenvalue weighted by Crippen LogP contribution is 2.28. The van der Waals surface area contributed by atoms with Crippen LogP contribution in [0.4, 0.5) is 0 Å². The van der Waals surface area contributed by atoms with Gasteiger partial charge >= 0.3 is 0 Å². The standard InChI is InChI=1S/C13H15N3OS2/c1-9-7-18-13(15-9)19-8-11(12(17)16-14)10-5-3-2-4-6-10/h2-7,11H,8,14H2,1H3,(H,16,17). The molecule has 0 aliphatic heterocycles. The monoisotopic (exact) mass is 293 g/mol. The highest BCUT2D eigenvalue weighted by molar-refractivity contribution is 8.01. The number of aryl methyl sites for hydroxylation is 1. The zero-order chi connectivity index (χ0) is 13.7. The summed E-state index contributed by atoms with van der Waals surface area (Å²) >= 11 is 3.17. The maximum absolute atomic E-state index is 11.9. The Morgan fingerprint density at radius 1 is 1.47 bits per heavy atom. The van der Waals surface area contributed by atoms with E-state index in [0.717, 1.165) is 15.6 Å². The Morgan fingerprint density at radius 3 is 2.79 bits per heavy atom. The van der Waals surface area contributed by atoms with E-state index in [1.807, 2.05) is 42.6 Å². The highest BCUT2D eigenvalue weighted by atomic mass is 32.2. The third-order valence-electron chi connectivity index (χ3n) is 2.63. The van der Waals surface area contributed by atoms with Gasteiger partial charge in [-0.2, -0.15) is 0 Å². The van der Waals surface area contributed by atoms with Gasteiger partial charge in [0, 0.05) is 16.8 Å². The van der Waals surface area contributed by atoms with E-state index in [1.165, 1.54) is 0 Å². The summed E-state index contributed by atoms with van der Waals surface area (Å²) in [4.78, 5) is 16.3. The van der Waals surface area contributed by atoms with Gasteiger partial charge in [0.05, 0.1) is 5.92 Å². The molecule has 1 aromatic heterocycles. The first-order valence-electron chi connectivity index (χ1n) is 5.81. The first-order valence-corrected chi connectivity index (χ1v) is 7.67. The number of hydrogen-bond donors (Lipinski definition) is 2. The van der Waals surface area contributed by atoms with Gasteiger partial charge in [0.2, 0.25) is 5.91 Å². The van der Waals surface area contributed by atoms with Gasteiger partial charge in [-0.05, 0) is 12.5 Å². The van der Waals surface area contributed by atoms with Crippen molar-refractivity contribution in [3.8, 4) is 0 Å². The minimum Gasteiger partial charge on any atom is -0.294 e. The van der Waals surface area contributed by atoms with Gasteiger partial charge in [0.15, 0.2) is 0 Å². The third kappa shape index (κ3) is 3.79. The molecule has 1 unspecified atom stereocenters. The topological polar surface area (TPSA) is 68.0 Å². The number of thioether (sulfide) groups is 1. The van der Waals surface area contributed by atoms with Crippen molar-refractivity contribution in [1.82, 2.24) is 10.4 Å². The fourth-order valence-electron chi connectivity index (χ4n) is 1.66. The number of hydrazine groups is 1. The van der Waals surface area contributed by atoms with Crippen LogP contribution in [-0.4, -0.2) is 16.6 Å². The van der Waals surface area contributed by atoms with Crippen molar-refractivity contribution in [2.75, 3.05) is 5.75 Å². The highest BCUT2D eigenvalue weighted by Gasteiger charge is 2.20. The van der Waals surface area contributed by atoms with E-state index in [1.54, 1.807) is 23.1 Å². The predicted octanol–water partition coefficient (Wildman–Crippen LogP) is 2.32. The molecule has 0 fully saturated rings. The number of nitrogens with two attached hydrogens (primary N) is 1. The molecule has 4 nitrogen and oxygen atoms in total. The molecule has 0 saturated carbocycles. The van der Waals surface area contributed by atoms with Crippen LogP contribution in [0.2, 0.25) is 0 Å². The zero-order valence-electron chi connectivity index (χ0n) is 10.5. The lowest BCUT2D eigenvalue weighted by atomic mass is 10.0. The number of amides is 1. The zero-order valence-corrected chi connectivity index (χ0v) is 12.1. The number of rotatable bonds is 5. The van der Waals surface area contributed by atoms with Crippen molar-refractivity contribution >= 4 is 29.0 Å². The summed E-state index contributed by atoms with van der Waals surface area (Å²) < 4.78 is 0.975. The number of nitrogens with one attached hydrogen (secondary N) is 1. The van der Waals surface area contributed by atoms with Crippen LogP contribution in [0.5, 0.6) is 0 Å². The van der Waals surface area contributed by atoms with Crippen molar-refractivity contribution in [2.24, 2.45) is 5.84 Å². The van der Waals surface area contributed by atoms with Gasteiger partial charge in [0.25, 0.3) is 0 Å². The summed E-state index contributed by atoms with van der Waals surface area (Å²) in [6.45, 7) is 1.96. The third-order valence-corrected chi connectivity index (χ3v) is 4.86. The summed E-state index contributed by atoms with van der Waals surface area (Å²) in [6, 6.07) is 9.65. The van der Waals surface area contributed by atoms with Crippen molar-refractivity contribution in [3.05, 3.63) is 47.0 Å². The molecule has 0 aliphatic rings. The number of hydrogen-bond acceptors (Lipinski definition) is 5. The molecular weight excluding hydrogens is 278 g/mol. The number of nitrogens with zero attached hydrogens (tertiary/aromatic N) is 1. The van der Waals surface area contributed by atoms with Gasteiger partial charge < -0.3 is 0 Å². The van der Waals surface area contributed by atoms with E-state index in [4.69, 9.17) is 5.84 Å². The van der Waals surface area contributed by atoms with Crippen LogP contribution in [0.3, 0.4) is 0 Å². The second-order valence-electron chi connectivity index (χ2n) is 4.04. The van der Waals surface area contributed by atoms with Crippen LogP contribution >= 0.6 is 23.1 Å². The maximum atomic E-state index is 11.9. The van der Waals surface area contributed by atoms with Crippen molar-refractivity contribution in [3.63, 3.8) is 0 Å². The van der Waals surface area contributed by atoms with Gasteiger partial charge in [-0.25, -0.2) is 10.8 Å². The van der Waals surface area contributed by atoms with E-state index < -0.39 is 0 Å². The van der Waals surface area contributed by atoms with Gasteiger partial charge in [-0.15, -0.1) is 11.3 Å². The Labute approximate surface area is 120 Å². The van der Waals surface area contributed by atoms with E-state index in [2.05, 4.69) is 10.4 Å². The quantitative estimate of drug-likeness (QED) is 0.384. The van der Waals surface area contributed by atoms with Crippen molar-refractivity contribution in [2.45, 2.75) is 17.2 Å². The maximum Gasteiger partial charge on any atom is 0.242 e. The molecule has 1 amide bonds. The molecule has 2 rings (SSSR count). The average molecular weight is 293 g/mol. The normalized spacial score (nSPS) is 12.1. The number of aromatic nitrogens is 1. The fraction of sp³-hybridized carbons (Fsp3) is 0.231. The van der Waals surface area contributed by atoms with Crippen molar-refractivity contribution < 1.29 is 4.79 Å². The lowest BCUT2D eigenvalue weighted by Gasteiger charge is -2.14. The smallest absolute Gasteiger partial charge is 0.242 e. The molecular formula is C13H15N3OS2. The molecule has 0 bridgehead atoms. The number of carbonyl (C=O) groups excluding carboxylic acids is 1. The fourth-order valence-corrected chi connectivity index (χ4v) is 3.67. The molecule has 6 heteroatoms. The Kier molecular flexibility index (Phi) is 4.95. The lowest BCUT2D eigenvalue weighted by Crippen LogP contribution is -2.35. The van der Waals surface area contributed by atoms with E-state index in [9.17, 15) is 4.79 Å². The number of benzene rings is 1. The van der Waals surface area contributed by atoms with Crippen LogP contribution in [0.1, 0.15) is 17.2 Å². The number of thiazole rings is 1. The minimum atomic E-state index is -0.264. The summed E-state index contributed by atoms with van der Waals surface area (Å²) in [5, 5.41) is 2.00. The SMILES string of the molecule is Cc1csc(SCC(C(=O)NN)c2ccccc2)n1. The summed E-state index contributed by atoms with van der Waals surface area (Å²) in [5.41, 5.74) is 4.21. The van der Waals surface area contributed by atoms with Crippen LogP contribution in [-0.2, 0) is 4.79 Å². The van der Waals surface area contributed by atoms with Gasteiger partial charge in [-0.1, -0.05) is 42.1 Å². The van der Waals surface area contributed by atoms with Crippen LogP contribution < -0.4 is 11.3 Å². The minimum absolute atomic E-state index is 0.174. The molecule has 0 aliphatic carbocycles. The number of carbonyl (C=O) groups is 1. The second kappa shape index (κ2) is 6.70. The van der Waals surface area contributed by atoms with E-state index >= 15 is 0 Å². The Hall–Kier alpha value is -1.37. The predicted molar refractivity (Wildman–Crippen MR) is 79.1 cm³/mol. The molecule has 0 radical (unpaired) electrons. The first kappa shape index (κ1) is 14.0. The molecule has 3 N–H and O–H groups in total. The van der Waals surface area contributed by atoms with Crippen LogP contribution in [0.25, 0.3) is 0 Å². The molecule has 1 heterocycles. The molecule has 1 atom stereocenters. The molecule has 100 valence electrons. The van der Waals surface area contributed by atoms with Gasteiger partial charge in [0.1, 0.15) is 4.34 Å². The Balaban J connectivity index is 2.09. The summed E-state index contributed by atoms with van der Waals surface area (Å²) in [5.74, 6) is 5.45. The first-order chi connectivity index (χ1) is 9.20. The molecule has 2 aromatic rings. The molecule has 19 heavy (non-hydrogen) atoms. The van der Waals surface area contributed by atoms with Crippen molar-refractivity contribution in [1.29, 1.82) is 0 Å². The van der Waals surface area contributed by atoms with Crippen LogP contribution in [0, 0.1) is 6.92 Å². The molecule has 0 spiro atoms. The average Bonchev–Trinajstić information content (AvgIpc) is 2.85. The lowest BCUT2D eigenvalue weighted by molar-refractivity contribution is -0.122. The second-order valence-corrected chi connectivity index (χ2v) is 6.16. The van der Waals surface area contributed by atoms with E-state index in [0.29, 0.717) is 5.75 Å². The Bertz CT molecular complexity index is 542. The largest absolute Gasteiger partial charge is 0.294 e. The van der Waals surface area contributed by atoms with Crippen LogP contribution in [0.15, 0.2) is 40.1 Å². The molecule has 1 aromatic carbocycles. The summed E-state index contributed by atoms with van der Waals surface area (Å²) in [6.07, 6.45) is 0.